The van der Waals surface area contributed by atoms with Gasteiger partial charge in [0.1, 0.15) is 22.3 Å². The van der Waals surface area contributed by atoms with E-state index in [1.165, 1.54) is 6.08 Å². The average molecular weight is 383 g/mol. The van der Waals surface area contributed by atoms with Crippen LogP contribution in [0.5, 0.6) is 0 Å². The standard InChI is InChI=1S/C19H15BrN2O2/c20-17-8-4-7-16(22-17)11-15(12-21)19(23)24-18(14-9-10-14)13-5-2-1-3-6-13/h1-8,11,14,18H,9-10H2/b15-11+/t18-/m1/s1. The molecule has 1 aromatic carbocycles. The second-order valence-corrected chi connectivity index (χ2v) is 6.44. The molecule has 0 bridgehead atoms. The fourth-order valence-electron chi connectivity index (χ4n) is 2.45. The third kappa shape index (κ3) is 4.09. The van der Waals surface area contributed by atoms with Crippen molar-refractivity contribution >= 4 is 28.0 Å². The zero-order valence-electron chi connectivity index (χ0n) is 12.9. The Morgan fingerprint density at radius 1 is 1.25 bits per heavy atom. The summed E-state index contributed by atoms with van der Waals surface area (Å²) in [6.07, 6.45) is 3.21. The normalized spacial score (nSPS) is 15.4. The minimum atomic E-state index is -0.611. The molecule has 1 atom stereocenters. The van der Waals surface area contributed by atoms with Crippen molar-refractivity contribution in [2.45, 2.75) is 18.9 Å². The lowest BCUT2D eigenvalue weighted by Crippen LogP contribution is -2.14. The molecule has 24 heavy (non-hydrogen) atoms. The first kappa shape index (κ1) is 16.4. The van der Waals surface area contributed by atoms with Crippen LogP contribution in [0.2, 0.25) is 0 Å². The maximum atomic E-state index is 12.4. The molecule has 2 aromatic rings. The van der Waals surface area contributed by atoms with Gasteiger partial charge in [0.2, 0.25) is 0 Å². The summed E-state index contributed by atoms with van der Waals surface area (Å²) in [6.45, 7) is 0. The van der Waals surface area contributed by atoms with Crippen molar-refractivity contribution in [3.8, 4) is 6.07 Å². The van der Waals surface area contributed by atoms with Gasteiger partial charge in [-0.1, -0.05) is 36.4 Å². The average Bonchev–Trinajstić information content (AvgIpc) is 3.43. The van der Waals surface area contributed by atoms with E-state index in [1.54, 1.807) is 18.2 Å². The first-order valence-corrected chi connectivity index (χ1v) is 8.47. The molecule has 5 heteroatoms. The Hall–Kier alpha value is -2.45. The Bertz CT molecular complexity index is 808. The number of carbonyl (C=O) groups excluding carboxylic acids is 1. The lowest BCUT2D eigenvalue weighted by Gasteiger charge is -2.17. The third-order valence-corrected chi connectivity index (χ3v) is 4.22. The van der Waals surface area contributed by atoms with Gasteiger partial charge >= 0.3 is 5.97 Å². The van der Waals surface area contributed by atoms with Crippen molar-refractivity contribution in [1.29, 1.82) is 5.26 Å². The molecule has 3 rings (SSSR count). The lowest BCUT2D eigenvalue weighted by molar-refractivity contribution is -0.145. The van der Waals surface area contributed by atoms with E-state index in [1.807, 2.05) is 36.4 Å². The highest BCUT2D eigenvalue weighted by Crippen LogP contribution is 2.43. The molecule has 4 nitrogen and oxygen atoms in total. The van der Waals surface area contributed by atoms with Crippen LogP contribution in [0.25, 0.3) is 6.08 Å². The minimum Gasteiger partial charge on any atom is -0.453 e. The predicted octanol–water partition coefficient (Wildman–Crippen LogP) is 4.45. The Balaban J connectivity index is 1.80. The Morgan fingerprint density at radius 2 is 2.00 bits per heavy atom. The summed E-state index contributed by atoms with van der Waals surface area (Å²) >= 11 is 3.27. The van der Waals surface area contributed by atoms with Gasteiger partial charge in [0.15, 0.2) is 0 Å². The van der Waals surface area contributed by atoms with Crippen LogP contribution < -0.4 is 0 Å². The number of hydrogen-bond acceptors (Lipinski definition) is 4. The van der Waals surface area contributed by atoms with Gasteiger partial charge in [0.25, 0.3) is 0 Å². The van der Waals surface area contributed by atoms with Gasteiger partial charge in [-0.25, -0.2) is 9.78 Å². The topological polar surface area (TPSA) is 63.0 Å². The van der Waals surface area contributed by atoms with E-state index in [4.69, 9.17) is 4.74 Å². The number of benzene rings is 1. The summed E-state index contributed by atoms with van der Waals surface area (Å²) in [5.41, 5.74) is 1.44. The summed E-state index contributed by atoms with van der Waals surface area (Å²) in [6, 6.07) is 16.9. The number of rotatable bonds is 5. The van der Waals surface area contributed by atoms with Crippen LogP contribution in [0.1, 0.15) is 30.2 Å². The highest BCUT2D eigenvalue weighted by molar-refractivity contribution is 9.10. The van der Waals surface area contributed by atoms with Gasteiger partial charge in [-0.3, -0.25) is 0 Å². The van der Waals surface area contributed by atoms with Crippen LogP contribution in [0, 0.1) is 17.2 Å². The number of pyridine rings is 1. The Morgan fingerprint density at radius 3 is 2.62 bits per heavy atom. The quantitative estimate of drug-likeness (QED) is 0.331. The molecular formula is C19H15BrN2O2. The van der Waals surface area contributed by atoms with Gasteiger partial charge in [0.05, 0.1) is 5.69 Å². The molecular weight excluding hydrogens is 368 g/mol. The molecule has 0 amide bonds. The van der Waals surface area contributed by atoms with Gasteiger partial charge < -0.3 is 4.74 Å². The van der Waals surface area contributed by atoms with Crippen molar-refractivity contribution in [1.82, 2.24) is 4.98 Å². The first-order valence-electron chi connectivity index (χ1n) is 7.67. The zero-order chi connectivity index (χ0) is 16.9. The number of halogens is 1. The van der Waals surface area contributed by atoms with Gasteiger partial charge in [0, 0.05) is 5.92 Å². The van der Waals surface area contributed by atoms with Crippen molar-refractivity contribution in [3.63, 3.8) is 0 Å². The molecule has 120 valence electrons. The number of carbonyl (C=O) groups is 1. The molecule has 1 aliphatic carbocycles. The summed E-state index contributed by atoms with van der Waals surface area (Å²) in [5, 5.41) is 9.31. The fourth-order valence-corrected chi connectivity index (χ4v) is 2.80. The lowest BCUT2D eigenvalue weighted by atomic mass is 10.1. The monoisotopic (exact) mass is 382 g/mol. The molecule has 1 heterocycles. The smallest absolute Gasteiger partial charge is 0.349 e. The number of ether oxygens (including phenoxy) is 1. The van der Waals surface area contributed by atoms with Crippen LogP contribution in [-0.4, -0.2) is 11.0 Å². The van der Waals surface area contributed by atoms with E-state index in [0.29, 0.717) is 16.2 Å². The van der Waals surface area contributed by atoms with Crippen LogP contribution >= 0.6 is 15.9 Å². The summed E-state index contributed by atoms with van der Waals surface area (Å²) < 4.78 is 6.29. The molecule has 0 unspecified atom stereocenters. The minimum absolute atomic E-state index is 0.0535. The maximum Gasteiger partial charge on any atom is 0.349 e. The third-order valence-electron chi connectivity index (χ3n) is 3.78. The summed E-state index contributed by atoms with van der Waals surface area (Å²) in [7, 11) is 0. The molecule has 0 radical (unpaired) electrons. The number of nitrogens with zero attached hydrogens (tertiary/aromatic N) is 2. The van der Waals surface area contributed by atoms with Gasteiger partial charge in [-0.05, 0) is 52.5 Å². The highest BCUT2D eigenvalue weighted by Gasteiger charge is 2.35. The van der Waals surface area contributed by atoms with Crippen molar-refractivity contribution < 1.29 is 9.53 Å². The van der Waals surface area contributed by atoms with Crippen LogP contribution in [0.4, 0.5) is 0 Å². The number of nitriles is 1. The van der Waals surface area contributed by atoms with Crippen molar-refractivity contribution in [3.05, 3.63) is 70.0 Å². The van der Waals surface area contributed by atoms with E-state index >= 15 is 0 Å². The van der Waals surface area contributed by atoms with Crippen molar-refractivity contribution in [2.24, 2.45) is 5.92 Å². The molecule has 0 saturated heterocycles. The van der Waals surface area contributed by atoms with E-state index in [2.05, 4.69) is 20.9 Å². The Kier molecular flexibility index (Phi) is 5.07. The Labute approximate surface area is 148 Å². The zero-order valence-corrected chi connectivity index (χ0v) is 14.4. The van der Waals surface area contributed by atoms with E-state index in [-0.39, 0.29) is 11.7 Å². The first-order chi connectivity index (χ1) is 11.7. The largest absolute Gasteiger partial charge is 0.453 e. The number of hydrogen-bond donors (Lipinski definition) is 0. The molecule has 0 aliphatic heterocycles. The van der Waals surface area contributed by atoms with Crippen LogP contribution in [0.3, 0.4) is 0 Å². The van der Waals surface area contributed by atoms with E-state index in [9.17, 15) is 10.1 Å². The molecule has 0 N–H and O–H groups in total. The maximum absolute atomic E-state index is 12.4. The van der Waals surface area contributed by atoms with E-state index < -0.39 is 5.97 Å². The van der Waals surface area contributed by atoms with E-state index in [0.717, 1.165) is 18.4 Å². The molecule has 1 saturated carbocycles. The van der Waals surface area contributed by atoms with Crippen LogP contribution in [0.15, 0.2) is 58.7 Å². The molecule has 1 aromatic heterocycles. The van der Waals surface area contributed by atoms with Gasteiger partial charge in [-0.15, -0.1) is 0 Å². The molecule has 0 spiro atoms. The van der Waals surface area contributed by atoms with Crippen LogP contribution in [-0.2, 0) is 9.53 Å². The molecule has 1 fully saturated rings. The molecule has 1 aliphatic rings. The highest BCUT2D eigenvalue weighted by atomic mass is 79.9. The SMILES string of the molecule is N#C/C(=C\c1cccc(Br)n1)C(=O)O[C@H](c1ccccc1)C1CC1. The second kappa shape index (κ2) is 7.41. The fraction of sp³-hybridized carbons (Fsp3) is 0.211. The van der Waals surface area contributed by atoms with Crippen molar-refractivity contribution in [2.75, 3.05) is 0 Å². The summed E-state index contributed by atoms with van der Waals surface area (Å²) in [5.74, 6) is -0.277. The van der Waals surface area contributed by atoms with Gasteiger partial charge in [-0.2, -0.15) is 5.26 Å². The predicted molar refractivity (Wildman–Crippen MR) is 93.5 cm³/mol. The number of esters is 1. The number of aromatic nitrogens is 1. The second-order valence-electron chi connectivity index (χ2n) is 5.63. The summed E-state index contributed by atoms with van der Waals surface area (Å²) in [4.78, 5) is 16.6.